The number of benzene rings is 2. The van der Waals surface area contributed by atoms with E-state index in [2.05, 4.69) is 34.9 Å². The van der Waals surface area contributed by atoms with Crippen LogP contribution in [0.25, 0.3) is 21.9 Å². The minimum Gasteiger partial charge on any atom is -0.451 e. The van der Waals surface area contributed by atoms with Crippen molar-refractivity contribution in [1.82, 2.24) is 10.3 Å². The number of hydrogen-bond donors (Lipinski definition) is 2. The monoisotopic (exact) mass is 553 g/mol. The number of para-hydroxylation sites is 2. The topological polar surface area (TPSA) is 84.2 Å². The molecule has 0 saturated carbocycles. The molecule has 0 fully saturated rings. The van der Waals surface area contributed by atoms with Crippen molar-refractivity contribution in [2.24, 2.45) is 0 Å². The second kappa shape index (κ2) is 14.8. The van der Waals surface area contributed by atoms with Crippen LogP contribution in [-0.2, 0) is 12.8 Å². The van der Waals surface area contributed by atoms with Crippen LogP contribution in [0.3, 0.4) is 0 Å². The molecule has 0 atom stereocenters. The number of fused-ring (bicyclic) bond motifs is 3. The quantitative estimate of drug-likeness (QED) is 0.146. The molecule has 2 aromatic carbocycles. The molecule has 0 saturated heterocycles. The fourth-order valence-corrected chi connectivity index (χ4v) is 5.96. The molecule has 4 aromatic rings. The molecule has 6 nitrogen and oxygen atoms in total. The number of rotatable bonds is 15. The van der Waals surface area contributed by atoms with Gasteiger partial charge in [0.05, 0.1) is 10.9 Å². The molecule has 1 aliphatic carbocycles. The molecule has 2 N–H and O–H groups in total. The summed E-state index contributed by atoms with van der Waals surface area (Å²) in [4.78, 5) is 29.5. The molecule has 6 heteroatoms. The van der Waals surface area contributed by atoms with Gasteiger partial charge in [-0.15, -0.1) is 0 Å². The van der Waals surface area contributed by atoms with Gasteiger partial charge in [-0.25, -0.2) is 0 Å². The Morgan fingerprint density at radius 2 is 1.39 bits per heavy atom. The summed E-state index contributed by atoms with van der Waals surface area (Å²) >= 11 is 0. The fourth-order valence-electron chi connectivity index (χ4n) is 5.96. The number of amides is 1. The standard InChI is InChI=1S/C35H43N3O3/c39-31-25-33(41-32-22-14-11-19-28(31)32)35(40)37-24-16-8-6-4-2-1-3-5-7-15-23-36-34-26-17-9-12-20-29(26)38-30-21-13-10-18-27(30)34/h9,11-12,14,17,19-20,22,25H,1-8,10,13,15-16,18,21,23-24H2,(H,36,38)(H,37,40). The molecule has 0 aliphatic heterocycles. The SMILES string of the molecule is O=C(NCCCCCCCCCCCCNc1c2c(nc3ccccc13)CCCC2)c1cc(=O)c2ccccc2o1. The zero-order valence-corrected chi connectivity index (χ0v) is 24.2. The lowest BCUT2D eigenvalue weighted by Gasteiger charge is -2.21. The summed E-state index contributed by atoms with van der Waals surface area (Å²) in [6, 6.07) is 16.8. The summed E-state index contributed by atoms with van der Waals surface area (Å²) in [5.41, 5.74) is 5.47. The van der Waals surface area contributed by atoms with E-state index in [4.69, 9.17) is 9.40 Å². The highest BCUT2D eigenvalue weighted by Crippen LogP contribution is 2.33. The highest BCUT2D eigenvalue weighted by molar-refractivity contribution is 5.94. The molecule has 216 valence electrons. The summed E-state index contributed by atoms with van der Waals surface area (Å²) in [6.45, 7) is 1.63. The maximum absolute atomic E-state index is 12.4. The predicted molar refractivity (Wildman–Crippen MR) is 168 cm³/mol. The Kier molecular flexibility index (Phi) is 10.4. The first-order valence-electron chi connectivity index (χ1n) is 15.7. The van der Waals surface area contributed by atoms with Crippen LogP contribution in [0.1, 0.15) is 98.9 Å². The average Bonchev–Trinajstić information content (AvgIpc) is 3.00. The van der Waals surface area contributed by atoms with E-state index in [1.54, 1.807) is 24.3 Å². The normalized spacial score (nSPS) is 12.9. The highest BCUT2D eigenvalue weighted by atomic mass is 16.3. The molecule has 0 bridgehead atoms. The number of hydrogen-bond acceptors (Lipinski definition) is 5. The number of carbonyl (C=O) groups is 1. The van der Waals surface area contributed by atoms with E-state index in [0.29, 0.717) is 17.5 Å². The largest absolute Gasteiger partial charge is 0.451 e. The first kappa shape index (κ1) is 28.8. The van der Waals surface area contributed by atoms with Crippen molar-refractivity contribution in [3.8, 4) is 0 Å². The Morgan fingerprint density at radius 1 is 0.756 bits per heavy atom. The summed E-state index contributed by atoms with van der Waals surface area (Å²) < 4.78 is 5.61. The first-order valence-corrected chi connectivity index (χ1v) is 15.7. The van der Waals surface area contributed by atoms with Crippen LogP contribution in [0, 0.1) is 0 Å². The van der Waals surface area contributed by atoms with Gasteiger partial charge in [0.1, 0.15) is 5.58 Å². The molecule has 1 amide bonds. The van der Waals surface area contributed by atoms with Gasteiger partial charge in [-0.1, -0.05) is 81.7 Å². The molecule has 41 heavy (non-hydrogen) atoms. The summed E-state index contributed by atoms with van der Waals surface area (Å²) in [5.74, 6) is -0.245. The van der Waals surface area contributed by atoms with Crippen LogP contribution in [0.15, 0.2) is 63.8 Å². The van der Waals surface area contributed by atoms with Crippen molar-refractivity contribution in [2.45, 2.75) is 89.9 Å². The van der Waals surface area contributed by atoms with Gasteiger partial charge in [-0.2, -0.15) is 0 Å². The van der Waals surface area contributed by atoms with Crippen molar-refractivity contribution in [3.05, 3.63) is 81.8 Å². The number of aryl methyl sites for hydroxylation is 1. The third-order valence-electron chi connectivity index (χ3n) is 8.22. The van der Waals surface area contributed by atoms with Crippen LogP contribution < -0.4 is 16.1 Å². The van der Waals surface area contributed by atoms with E-state index in [9.17, 15) is 9.59 Å². The number of pyridine rings is 1. The summed E-state index contributed by atoms with van der Waals surface area (Å²) in [5, 5.41) is 8.44. The van der Waals surface area contributed by atoms with Crippen LogP contribution >= 0.6 is 0 Å². The van der Waals surface area contributed by atoms with Gasteiger partial charge in [0.15, 0.2) is 11.2 Å². The minimum atomic E-state index is -0.323. The fraction of sp³-hybridized carbons (Fsp3) is 0.457. The molecular formula is C35H43N3O3. The van der Waals surface area contributed by atoms with Gasteiger partial charge >= 0.3 is 0 Å². The lowest BCUT2D eigenvalue weighted by Crippen LogP contribution is -2.25. The van der Waals surface area contributed by atoms with E-state index in [-0.39, 0.29) is 17.1 Å². The zero-order chi connectivity index (χ0) is 28.3. The van der Waals surface area contributed by atoms with Gasteiger partial charge in [-0.05, 0) is 62.3 Å². The Balaban J connectivity index is 0.894. The maximum Gasteiger partial charge on any atom is 0.287 e. The maximum atomic E-state index is 12.4. The Bertz CT molecular complexity index is 1510. The summed E-state index contributed by atoms with van der Waals surface area (Å²) in [7, 11) is 0. The molecular weight excluding hydrogens is 510 g/mol. The van der Waals surface area contributed by atoms with Crippen molar-refractivity contribution < 1.29 is 9.21 Å². The van der Waals surface area contributed by atoms with Crippen LogP contribution in [-0.4, -0.2) is 24.0 Å². The van der Waals surface area contributed by atoms with Crippen LogP contribution in [0.5, 0.6) is 0 Å². The summed E-state index contributed by atoms with van der Waals surface area (Å²) in [6.07, 6.45) is 16.9. The van der Waals surface area contributed by atoms with Gasteiger partial charge < -0.3 is 15.1 Å². The number of nitrogens with one attached hydrogen (secondary N) is 2. The number of carbonyl (C=O) groups excluding carboxylic acids is 1. The molecule has 2 heterocycles. The number of anilines is 1. The van der Waals surface area contributed by atoms with E-state index in [1.807, 2.05) is 0 Å². The minimum absolute atomic E-state index is 0.0780. The second-order valence-corrected chi connectivity index (χ2v) is 11.3. The van der Waals surface area contributed by atoms with Gasteiger partial charge in [0, 0.05) is 35.9 Å². The third kappa shape index (κ3) is 7.75. The van der Waals surface area contributed by atoms with E-state index < -0.39 is 0 Å². The van der Waals surface area contributed by atoms with Gasteiger partial charge in [0.25, 0.3) is 5.91 Å². The zero-order valence-electron chi connectivity index (χ0n) is 24.2. The molecule has 0 spiro atoms. The molecule has 0 radical (unpaired) electrons. The Labute approximate surface area is 242 Å². The van der Waals surface area contributed by atoms with E-state index >= 15 is 0 Å². The smallest absolute Gasteiger partial charge is 0.287 e. The van der Waals surface area contributed by atoms with Crippen molar-refractivity contribution in [2.75, 3.05) is 18.4 Å². The molecule has 0 unspecified atom stereocenters. The number of nitrogens with zero attached hydrogens (tertiary/aromatic N) is 1. The van der Waals surface area contributed by atoms with Crippen LogP contribution in [0.2, 0.25) is 0 Å². The lowest BCUT2D eigenvalue weighted by atomic mass is 9.92. The molecule has 1 aliphatic rings. The Morgan fingerprint density at radius 3 is 2.17 bits per heavy atom. The van der Waals surface area contributed by atoms with Crippen molar-refractivity contribution >= 4 is 33.5 Å². The highest BCUT2D eigenvalue weighted by Gasteiger charge is 2.17. The number of aromatic nitrogens is 1. The van der Waals surface area contributed by atoms with Crippen molar-refractivity contribution in [3.63, 3.8) is 0 Å². The van der Waals surface area contributed by atoms with Gasteiger partial charge in [-0.3, -0.25) is 14.6 Å². The third-order valence-corrected chi connectivity index (χ3v) is 8.22. The van der Waals surface area contributed by atoms with Crippen LogP contribution in [0.4, 0.5) is 5.69 Å². The van der Waals surface area contributed by atoms with Crippen molar-refractivity contribution in [1.29, 1.82) is 0 Å². The second-order valence-electron chi connectivity index (χ2n) is 11.3. The lowest BCUT2D eigenvalue weighted by molar-refractivity contribution is 0.0925. The molecule has 2 aromatic heterocycles. The number of unbranched alkanes of at least 4 members (excludes halogenated alkanes) is 9. The Hall–Kier alpha value is -3.67. The predicted octanol–water partition coefficient (Wildman–Crippen LogP) is 7.96. The molecule has 5 rings (SSSR count). The van der Waals surface area contributed by atoms with E-state index in [1.165, 1.54) is 92.6 Å². The average molecular weight is 554 g/mol. The van der Waals surface area contributed by atoms with Gasteiger partial charge in [0.2, 0.25) is 0 Å². The van der Waals surface area contributed by atoms with E-state index in [0.717, 1.165) is 37.7 Å². The first-order chi connectivity index (χ1) is 20.2.